The Morgan fingerprint density at radius 1 is 0.705 bits per heavy atom. The van der Waals surface area contributed by atoms with Crippen LogP contribution in [0, 0.1) is 12.8 Å². The third-order valence-corrected chi connectivity index (χ3v) is 9.53. The summed E-state index contributed by atoms with van der Waals surface area (Å²) in [6.45, 7) is 2.86. The number of aliphatic hydroxyl groups is 2. The van der Waals surface area contributed by atoms with Crippen molar-refractivity contribution < 1.29 is 91.3 Å². The standard InChI is InChI=1S/C22H20O12.C16H12O9S.CH4/c1-7-15(26)18(29)22(34-19(7)21(30)31)33-12-4-8(2-3-10(12)24)20-17(28)16(27)14-11(25)5-9(23)6-13(14)32-20;1-7-2-3-8(4-11(7)25-26(21,22)23)16-15(20)14(19)13-10(18)5-9(17)6-12(13)24-16;/h2-7,15,18-19,22-26,28-29H,1H3,(H,30,31);2-6,17-18,20H,1H3,(H,21,22,23);1H4/p-1/t7-,15-,18+,19-,22?;;/m0../s1. The van der Waals surface area contributed by atoms with Gasteiger partial charge in [-0.1, -0.05) is 26.5 Å². The molecule has 21 nitrogen and oxygen atoms in total. The van der Waals surface area contributed by atoms with Gasteiger partial charge in [-0.05, 0) is 36.8 Å². The number of phenols is 5. The van der Waals surface area contributed by atoms with Crippen LogP contribution in [-0.4, -0.2) is 94.6 Å². The zero-order chi connectivity index (χ0) is 44.1. The fourth-order valence-corrected chi connectivity index (χ4v) is 6.54. The van der Waals surface area contributed by atoms with Gasteiger partial charge in [-0.2, -0.15) is 0 Å². The largest absolute Gasteiger partial charge is 0.716 e. The molecule has 0 saturated carbocycles. The van der Waals surface area contributed by atoms with E-state index < -0.39 is 98.0 Å². The first-order chi connectivity index (χ1) is 28.1. The average Bonchev–Trinajstić information content (AvgIpc) is 3.15. The summed E-state index contributed by atoms with van der Waals surface area (Å²) in [6, 6.07) is 11.3. The van der Waals surface area contributed by atoms with Crippen molar-refractivity contribution in [3.8, 4) is 74.4 Å². The van der Waals surface area contributed by atoms with Crippen LogP contribution in [0.15, 0.2) is 79.1 Å². The van der Waals surface area contributed by atoms with Crippen LogP contribution in [0.3, 0.4) is 0 Å². The molecule has 1 aliphatic heterocycles. The number of aromatic hydroxyl groups is 7. The summed E-state index contributed by atoms with van der Waals surface area (Å²) in [6.07, 6.45) is -6.35. The number of benzene rings is 4. The second-order valence-corrected chi connectivity index (χ2v) is 14.3. The van der Waals surface area contributed by atoms with E-state index in [1.165, 1.54) is 32.0 Å². The molecule has 2 aromatic heterocycles. The number of aryl methyl sites for hydroxylation is 1. The fraction of sp³-hybridized carbons (Fsp3) is 0.205. The third-order valence-electron chi connectivity index (χ3n) is 9.15. The Labute approximate surface area is 341 Å². The minimum Gasteiger partial charge on any atom is -0.716 e. The van der Waals surface area contributed by atoms with Gasteiger partial charge in [-0.15, -0.1) is 0 Å². The number of fused-ring (bicyclic) bond motifs is 2. The highest BCUT2D eigenvalue weighted by Gasteiger charge is 2.46. The van der Waals surface area contributed by atoms with Gasteiger partial charge in [0.25, 0.3) is 10.4 Å². The van der Waals surface area contributed by atoms with Crippen molar-refractivity contribution >= 4 is 38.3 Å². The normalized spacial score (nSPS) is 18.7. The van der Waals surface area contributed by atoms with Crippen LogP contribution in [-0.2, 0) is 19.9 Å². The van der Waals surface area contributed by atoms with Crippen molar-refractivity contribution in [2.24, 2.45) is 5.92 Å². The molecule has 0 aliphatic carbocycles. The van der Waals surface area contributed by atoms with E-state index in [0.717, 1.165) is 42.5 Å². The quantitative estimate of drug-likeness (QED) is 0.0813. The van der Waals surface area contributed by atoms with Crippen LogP contribution in [0.5, 0.6) is 51.7 Å². The van der Waals surface area contributed by atoms with E-state index in [9.17, 15) is 78.4 Å². The third kappa shape index (κ3) is 8.88. The van der Waals surface area contributed by atoms with Crippen LogP contribution >= 0.6 is 0 Å². The lowest BCUT2D eigenvalue weighted by molar-refractivity contribution is -0.256. The summed E-state index contributed by atoms with van der Waals surface area (Å²) in [4.78, 5) is 36.3. The summed E-state index contributed by atoms with van der Waals surface area (Å²) in [5, 5.41) is 98.7. The monoisotopic (exact) mass is 871 g/mol. The molecule has 1 saturated heterocycles. The molecule has 1 aliphatic rings. The van der Waals surface area contributed by atoms with E-state index in [2.05, 4.69) is 4.18 Å². The molecule has 22 heteroatoms. The maximum atomic E-state index is 12.6. The van der Waals surface area contributed by atoms with Crippen molar-refractivity contribution in [3.63, 3.8) is 0 Å². The number of carboxylic acid groups (broad SMARTS) is 1. The number of carbonyl (C=O) groups is 1. The van der Waals surface area contributed by atoms with Gasteiger partial charge in [0.2, 0.25) is 28.6 Å². The molecule has 61 heavy (non-hydrogen) atoms. The van der Waals surface area contributed by atoms with E-state index in [4.69, 9.17) is 18.3 Å². The summed E-state index contributed by atoms with van der Waals surface area (Å²) in [5.74, 6) is -7.93. The zero-order valence-electron chi connectivity index (χ0n) is 30.5. The first-order valence-corrected chi connectivity index (χ1v) is 18.3. The number of aliphatic hydroxyl groups excluding tert-OH is 2. The number of rotatable bonds is 7. The van der Waals surface area contributed by atoms with Crippen LogP contribution < -0.4 is 19.8 Å². The van der Waals surface area contributed by atoms with Crippen molar-refractivity contribution in [2.45, 2.75) is 45.9 Å². The molecule has 1 fully saturated rings. The maximum Gasteiger partial charge on any atom is 0.333 e. The van der Waals surface area contributed by atoms with E-state index >= 15 is 0 Å². The Kier molecular flexibility index (Phi) is 12.3. The number of hydrogen-bond donors (Lipinski definition) is 10. The molecule has 10 N–H and O–H groups in total. The minimum atomic E-state index is -5.03. The molecular formula is C39H35O21S-. The average molecular weight is 872 g/mol. The predicted molar refractivity (Wildman–Crippen MR) is 207 cm³/mol. The molecule has 0 bridgehead atoms. The predicted octanol–water partition coefficient (Wildman–Crippen LogP) is 3.19. The lowest BCUT2D eigenvalue weighted by Crippen LogP contribution is -2.57. The van der Waals surface area contributed by atoms with Crippen molar-refractivity contribution in [1.29, 1.82) is 0 Å². The molecule has 0 amide bonds. The van der Waals surface area contributed by atoms with Crippen LogP contribution in [0.25, 0.3) is 44.6 Å². The molecular weight excluding hydrogens is 836 g/mol. The highest BCUT2D eigenvalue weighted by atomic mass is 32.3. The number of aliphatic carboxylic acids is 1. The Morgan fingerprint density at radius 2 is 1.18 bits per heavy atom. The molecule has 3 heterocycles. The van der Waals surface area contributed by atoms with Gasteiger partial charge >= 0.3 is 5.97 Å². The molecule has 6 aromatic rings. The Balaban J connectivity index is 0.000000235. The molecule has 5 atom stereocenters. The second-order valence-electron chi connectivity index (χ2n) is 13.3. The van der Waals surface area contributed by atoms with E-state index in [1.54, 1.807) is 0 Å². The second kappa shape index (κ2) is 16.8. The number of carboxylic acids is 1. The molecule has 0 spiro atoms. The summed E-state index contributed by atoms with van der Waals surface area (Å²) >= 11 is 0. The van der Waals surface area contributed by atoms with E-state index in [1.807, 2.05) is 0 Å². The van der Waals surface area contributed by atoms with Crippen molar-refractivity contribution in [1.82, 2.24) is 0 Å². The van der Waals surface area contributed by atoms with Gasteiger partial charge in [0.15, 0.2) is 29.1 Å². The van der Waals surface area contributed by atoms with Crippen LogP contribution in [0.4, 0.5) is 0 Å². The number of hydrogen-bond acceptors (Lipinski definition) is 20. The summed E-state index contributed by atoms with van der Waals surface area (Å²) in [5.41, 5.74) is -2.05. The highest BCUT2D eigenvalue weighted by molar-refractivity contribution is 7.81. The van der Waals surface area contributed by atoms with Crippen LogP contribution in [0.1, 0.15) is 19.9 Å². The van der Waals surface area contributed by atoms with Gasteiger partial charge in [0.05, 0.1) is 6.10 Å². The number of phenolic OH excluding ortho intramolecular Hbond substituents is 5. The van der Waals surface area contributed by atoms with Gasteiger partial charge in [0, 0.05) is 41.3 Å². The van der Waals surface area contributed by atoms with Crippen molar-refractivity contribution in [3.05, 3.63) is 86.7 Å². The van der Waals surface area contributed by atoms with Gasteiger partial charge in [-0.25, -0.2) is 13.2 Å². The first kappa shape index (κ1) is 44.9. The summed E-state index contributed by atoms with van der Waals surface area (Å²) in [7, 11) is -5.03. The smallest absolute Gasteiger partial charge is 0.333 e. The zero-order valence-corrected chi connectivity index (χ0v) is 31.3. The number of ether oxygens (including phenoxy) is 2. The molecule has 4 aromatic carbocycles. The highest BCUT2D eigenvalue weighted by Crippen LogP contribution is 2.40. The topological polar surface area (TPSA) is 365 Å². The summed E-state index contributed by atoms with van der Waals surface area (Å²) < 4.78 is 58.3. The Bertz CT molecular complexity index is 2920. The minimum absolute atomic E-state index is 0. The molecule has 1 unspecified atom stereocenters. The van der Waals surface area contributed by atoms with Crippen molar-refractivity contribution in [2.75, 3.05) is 0 Å². The maximum absolute atomic E-state index is 12.6. The lowest BCUT2D eigenvalue weighted by Gasteiger charge is -2.39. The molecule has 324 valence electrons. The first-order valence-electron chi connectivity index (χ1n) is 17.0. The Hall–Kier alpha value is -7.24. The lowest BCUT2D eigenvalue weighted by atomic mass is 9.91. The van der Waals surface area contributed by atoms with E-state index in [0.29, 0.717) is 5.56 Å². The van der Waals surface area contributed by atoms with Crippen LogP contribution in [0.2, 0.25) is 0 Å². The Morgan fingerprint density at radius 3 is 1.66 bits per heavy atom. The van der Waals surface area contributed by atoms with E-state index in [-0.39, 0.29) is 63.5 Å². The van der Waals surface area contributed by atoms with Gasteiger partial charge < -0.3 is 78.1 Å². The fourth-order valence-electron chi connectivity index (χ4n) is 6.14. The molecule has 7 rings (SSSR count). The van der Waals surface area contributed by atoms with Gasteiger partial charge in [0.1, 0.15) is 56.8 Å². The SMILES string of the molecule is C.C[C@H]1[C@H](O)[C@@H](O)C(Oc2cc(-c3oc4cc(O)cc(O)c4c(=O)c3O)ccc2O)O[C@@H]1C(=O)O.Cc1ccc(-c2oc3cc(O)cc(O)c3c(=O)c2O)cc1OS(=O)(=O)[O-]. The van der Waals surface area contributed by atoms with Gasteiger partial charge in [-0.3, -0.25) is 9.59 Å². The molecule has 0 radical (unpaired) electrons.